The molecule has 0 radical (unpaired) electrons. The Morgan fingerprint density at radius 1 is 1.26 bits per heavy atom. The minimum atomic E-state index is -0.165. The van der Waals surface area contributed by atoms with Gasteiger partial charge in [0.05, 0.1) is 6.54 Å². The van der Waals surface area contributed by atoms with Gasteiger partial charge < -0.3 is 16.0 Å². The van der Waals surface area contributed by atoms with Crippen LogP contribution >= 0.6 is 0 Å². The molecule has 0 atom stereocenters. The van der Waals surface area contributed by atoms with Gasteiger partial charge >= 0.3 is 0 Å². The minimum absolute atomic E-state index is 0.0674. The van der Waals surface area contributed by atoms with E-state index in [1.165, 1.54) is 4.90 Å². The fraction of sp³-hybridized carbons (Fsp3) is 0.429. The first-order chi connectivity index (χ1) is 8.93. The van der Waals surface area contributed by atoms with Crippen LogP contribution in [0, 0.1) is 0 Å². The number of hydrogen-bond donors (Lipinski definition) is 2. The van der Waals surface area contributed by atoms with E-state index in [9.17, 15) is 9.59 Å². The summed E-state index contributed by atoms with van der Waals surface area (Å²) in [6.07, 6.45) is 0. The van der Waals surface area contributed by atoms with Crippen molar-refractivity contribution < 1.29 is 9.59 Å². The first-order valence-corrected chi connectivity index (χ1v) is 6.38. The van der Waals surface area contributed by atoms with Crippen molar-refractivity contribution in [2.45, 2.75) is 26.8 Å². The molecular weight excluding hydrogens is 242 g/mol. The standard InChI is InChI=1S/C14H21N3O2/c1-4-17(9-13(18)16-10(2)3)14(19)11-5-7-12(15)8-6-11/h5-8,10H,4,9,15H2,1-3H3,(H,16,18). The molecule has 1 aromatic carbocycles. The van der Waals surface area contributed by atoms with Crippen molar-refractivity contribution in [2.24, 2.45) is 0 Å². The van der Waals surface area contributed by atoms with Gasteiger partial charge in [0.25, 0.3) is 5.91 Å². The number of amides is 2. The highest BCUT2D eigenvalue weighted by atomic mass is 16.2. The van der Waals surface area contributed by atoms with Crippen molar-refractivity contribution in [3.8, 4) is 0 Å². The molecule has 5 nitrogen and oxygen atoms in total. The Labute approximate surface area is 113 Å². The number of nitrogen functional groups attached to an aromatic ring is 1. The third-order valence-electron chi connectivity index (χ3n) is 2.61. The predicted octanol–water partition coefficient (Wildman–Crippen LogP) is 1.26. The Morgan fingerprint density at radius 3 is 2.32 bits per heavy atom. The van der Waals surface area contributed by atoms with E-state index in [0.29, 0.717) is 17.8 Å². The Hall–Kier alpha value is -2.04. The van der Waals surface area contributed by atoms with Crippen molar-refractivity contribution in [3.05, 3.63) is 29.8 Å². The van der Waals surface area contributed by atoms with Crippen molar-refractivity contribution in [1.82, 2.24) is 10.2 Å². The Kier molecular flexibility index (Phi) is 5.36. The first kappa shape index (κ1) is 15.0. The molecule has 1 rings (SSSR count). The molecule has 19 heavy (non-hydrogen) atoms. The summed E-state index contributed by atoms with van der Waals surface area (Å²) in [4.78, 5) is 25.4. The van der Waals surface area contributed by atoms with Gasteiger partial charge in [0.2, 0.25) is 5.91 Å². The summed E-state index contributed by atoms with van der Waals surface area (Å²) in [7, 11) is 0. The predicted molar refractivity (Wildman–Crippen MR) is 75.7 cm³/mol. The van der Waals surface area contributed by atoms with E-state index in [-0.39, 0.29) is 24.4 Å². The van der Waals surface area contributed by atoms with Gasteiger partial charge in [0.15, 0.2) is 0 Å². The van der Waals surface area contributed by atoms with E-state index < -0.39 is 0 Å². The monoisotopic (exact) mass is 263 g/mol. The van der Waals surface area contributed by atoms with Gasteiger partial charge in [0, 0.05) is 23.8 Å². The highest BCUT2D eigenvalue weighted by molar-refractivity contribution is 5.96. The van der Waals surface area contributed by atoms with Crippen LogP contribution in [0.5, 0.6) is 0 Å². The van der Waals surface area contributed by atoms with Crippen LogP contribution in [0.2, 0.25) is 0 Å². The van der Waals surface area contributed by atoms with Crippen LogP contribution in [-0.2, 0) is 4.79 Å². The molecule has 0 heterocycles. The molecule has 0 saturated heterocycles. The molecule has 0 fully saturated rings. The highest BCUT2D eigenvalue weighted by Gasteiger charge is 2.17. The van der Waals surface area contributed by atoms with Crippen LogP contribution in [0.3, 0.4) is 0 Å². The number of benzene rings is 1. The van der Waals surface area contributed by atoms with E-state index >= 15 is 0 Å². The fourth-order valence-electron chi connectivity index (χ4n) is 1.68. The summed E-state index contributed by atoms with van der Waals surface area (Å²) in [5.41, 5.74) is 6.73. The van der Waals surface area contributed by atoms with Crippen molar-refractivity contribution in [3.63, 3.8) is 0 Å². The number of hydrogen-bond acceptors (Lipinski definition) is 3. The molecule has 5 heteroatoms. The van der Waals surface area contributed by atoms with E-state index in [1.807, 2.05) is 20.8 Å². The molecule has 0 saturated carbocycles. The molecule has 3 N–H and O–H groups in total. The lowest BCUT2D eigenvalue weighted by Gasteiger charge is -2.21. The zero-order valence-corrected chi connectivity index (χ0v) is 11.6. The molecule has 0 aromatic heterocycles. The summed E-state index contributed by atoms with van der Waals surface area (Å²) >= 11 is 0. The zero-order valence-electron chi connectivity index (χ0n) is 11.6. The largest absolute Gasteiger partial charge is 0.399 e. The first-order valence-electron chi connectivity index (χ1n) is 6.38. The Morgan fingerprint density at radius 2 is 1.84 bits per heavy atom. The minimum Gasteiger partial charge on any atom is -0.399 e. The van der Waals surface area contributed by atoms with Crippen LogP contribution in [0.4, 0.5) is 5.69 Å². The molecule has 2 amide bonds. The van der Waals surface area contributed by atoms with Crippen LogP contribution in [0.1, 0.15) is 31.1 Å². The Bertz CT molecular complexity index is 441. The third kappa shape index (κ3) is 4.62. The second kappa shape index (κ2) is 6.78. The van der Waals surface area contributed by atoms with Gasteiger partial charge in [0.1, 0.15) is 0 Å². The molecule has 0 bridgehead atoms. The quantitative estimate of drug-likeness (QED) is 0.785. The molecule has 104 valence electrons. The van der Waals surface area contributed by atoms with Gasteiger partial charge in [-0.1, -0.05) is 0 Å². The number of likely N-dealkylation sites (N-methyl/N-ethyl adjacent to an activating group) is 1. The topological polar surface area (TPSA) is 75.4 Å². The van der Waals surface area contributed by atoms with Crippen molar-refractivity contribution >= 4 is 17.5 Å². The molecule has 0 aliphatic rings. The number of carbonyl (C=O) groups excluding carboxylic acids is 2. The second-order valence-corrected chi connectivity index (χ2v) is 4.66. The average Bonchev–Trinajstić information content (AvgIpc) is 2.35. The van der Waals surface area contributed by atoms with Crippen molar-refractivity contribution in [2.75, 3.05) is 18.8 Å². The maximum Gasteiger partial charge on any atom is 0.254 e. The zero-order chi connectivity index (χ0) is 14.4. The number of nitrogens with one attached hydrogen (secondary N) is 1. The van der Waals surface area contributed by atoms with Gasteiger partial charge in [-0.25, -0.2) is 0 Å². The number of nitrogens with zero attached hydrogens (tertiary/aromatic N) is 1. The SMILES string of the molecule is CCN(CC(=O)NC(C)C)C(=O)c1ccc(N)cc1. The lowest BCUT2D eigenvalue weighted by atomic mass is 10.2. The lowest BCUT2D eigenvalue weighted by molar-refractivity contribution is -0.122. The van der Waals surface area contributed by atoms with E-state index in [1.54, 1.807) is 24.3 Å². The molecule has 1 aromatic rings. The summed E-state index contributed by atoms with van der Waals surface area (Å²) in [6, 6.07) is 6.75. The second-order valence-electron chi connectivity index (χ2n) is 4.66. The lowest BCUT2D eigenvalue weighted by Crippen LogP contribution is -2.42. The maximum absolute atomic E-state index is 12.2. The van der Waals surface area contributed by atoms with Gasteiger partial charge in [-0.15, -0.1) is 0 Å². The third-order valence-corrected chi connectivity index (χ3v) is 2.61. The van der Waals surface area contributed by atoms with Crippen LogP contribution < -0.4 is 11.1 Å². The van der Waals surface area contributed by atoms with Crippen LogP contribution in [0.25, 0.3) is 0 Å². The summed E-state index contributed by atoms with van der Waals surface area (Å²) in [5.74, 6) is -0.318. The number of carbonyl (C=O) groups is 2. The fourth-order valence-corrected chi connectivity index (χ4v) is 1.68. The van der Waals surface area contributed by atoms with Gasteiger partial charge in [-0.3, -0.25) is 9.59 Å². The van der Waals surface area contributed by atoms with Crippen LogP contribution in [-0.4, -0.2) is 35.8 Å². The van der Waals surface area contributed by atoms with Crippen LogP contribution in [0.15, 0.2) is 24.3 Å². The Balaban J connectivity index is 2.71. The van der Waals surface area contributed by atoms with E-state index in [4.69, 9.17) is 5.73 Å². The molecular formula is C14H21N3O2. The maximum atomic E-state index is 12.2. The summed E-state index contributed by atoms with van der Waals surface area (Å²) in [5, 5.41) is 2.77. The highest BCUT2D eigenvalue weighted by Crippen LogP contribution is 2.08. The van der Waals surface area contributed by atoms with Gasteiger partial charge in [-0.2, -0.15) is 0 Å². The molecule has 0 aliphatic carbocycles. The number of nitrogens with two attached hydrogens (primary N) is 1. The molecule has 0 unspecified atom stereocenters. The molecule has 0 spiro atoms. The average molecular weight is 263 g/mol. The van der Waals surface area contributed by atoms with Crippen molar-refractivity contribution in [1.29, 1.82) is 0 Å². The molecule has 0 aliphatic heterocycles. The number of anilines is 1. The summed E-state index contributed by atoms with van der Waals surface area (Å²) < 4.78 is 0. The van der Waals surface area contributed by atoms with E-state index in [0.717, 1.165) is 0 Å². The smallest absolute Gasteiger partial charge is 0.254 e. The summed E-state index contributed by atoms with van der Waals surface area (Å²) in [6.45, 7) is 6.16. The van der Waals surface area contributed by atoms with E-state index in [2.05, 4.69) is 5.32 Å². The number of rotatable bonds is 5. The van der Waals surface area contributed by atoms with Gasteiger partial charge in [-0.05, 0) is 45.0 Å². The normalized spacial score (nSPS) is 10.3.